The lowest BCUT2D eigenvalue weighted by molar-refractivity contribution is 0.0920. The summed E-state index contributed by atoms with van der Waals surface area (Å²) in [7, 11) is 0. The third kappa shape index (κ3) is 1.95. The average Bonchev–Trinajstić information content (AvgIpc) is 3.32. The highest BCUT2D eigenvalue weighted by Crippen LogP contribution is 2.38. The van der Waals surface area contributed by atoms with Gasteiger partial charge >= 0.3 is 0 Å². The predicted molar refractivity (Wildman–Crippen MR) is 96.5 cm³/mol. The number of amides is 1. The average molecular weight is 350 g/mol. The Labute approximate surface area is 148 Å². The summed E-state index contributed by atoms with van der Waals surface area (Å²) < 4.78 is 1.66. The van der Waals surface area contributed by atoms with E-state index < -0.39 is 5.66 Å². The van der Waals surface area contributed by atoms with E-state index in [2.05, 4.69) is 25.6 Å². The van der Waals surface area contributed by atoms with Crippen LogP contribution >= 0.6 is 0 Å². The summed E-state index contributed by atoms with van der Waals surface area (Å²) in [6, 6.07) is 3.58. The molecule has 0 bridgehead atoms. The summed E-state index contributed by atoms with van der Waals surface area (Å²) >= 11 is 0. The van der Waals surface area contributed by atoms with Crippen LogP contribution in [0, 0.1) is 6.92 Å². The number of aromatic nitrogens is 4. The minimum atomic E-state index is -0.582. The van der Waals surface area contributed by atoms with Crippen molar-refractivity contribution in [3.63, 3.8) is 0 Å². The van der Waals surface area contributed by atoms with E-state index in [1.54, 1.807) is 16.8 Å². The number of aryl methyl sites for hydroxylation is 1. The Balaban J connectivity index is 1.68. The lowest BCUT2D eigenvalue weighted by atomic mass is 10.1. The molecule has 8 nitrogen and oxygen atoms in total. The number of carbonyl (C=O) groups excluding carboxylic acids is 1. The minimum Gasteiger partial charge on any atom is -0.346 e. The van der Waals surface area contributed by atoms with Crippen LogP contribution in [0.4, 0.5) is 11.5 Å². The van der Waals surface area contributed by atoms with E-state index in [1.165, 1.54) is 6.33 Å². The molecule has 0 atom stereocenters. The van der Waals surface area contributed by atoms with Crippen molar-refractivity contribution in [1.29, 1.82) is 0 Å². The topological polar surface area (TPSA) is 105 Å². The van der Waals surface area contributed by atoms with Gasteiger partial charge in [-0.3, -0.25) is 14.2 Å². The molecule has 3 aromatic rings. The fraction of sp³-hybridized carbons (Fsp3) is 0.333. The summed E-state index contributed by atoms with van der Waals surface area (Å²) in [5.74, 6) is 0.397. The normalized spacial score (nSPS) is 17.7. The van der Waals surface area contributed by atoms with Crippen molar-refractivity contribution >= 4 is 28.4 Å². The highest BCUT2D eigenvalue weighted by molar-refractivity contribution is 5.97. The molecular weight excluding hydrogens is 332 g/mol. The third-order valence-electron chi connectivity index (χ3n) is 5.42. The molecule has 1 saturated carbocycles. The molecule has 2 aliphatic rings. The molecule has 1 fully saturated rings. The number of nitrogens with one attached hydrogen (secondary N) is 3. The molecule has 0 aromatic carbocycles. The van der Waals surface area contributed by atoms with Crippen LogP contribution < -0.4 is 16.2 Å². The quantitative estimate of drug-likeness (QED) is 0.657. The molecule has 3 N–H and O–H groups in total. The number of rotatable bonds is 2. The monoisotopic (exact) mass is 350 g/mol. The highest BCUT2D eigenvalue weighted by atomic mass is 16.2. The number of anilines is 2. The predicted octanol–water partition coefficient (Wildman–Crippen LogP) is 2.14. The number of aromatic amines is 1. The number of fused-ring (bicyclic) bond motifs is 3. The number of carbonyl (C=O) groups is 1. The molecule has 3 aromatic heterocycles. The van der Waals surface area contributed by atoms with Crippen molar-refractivity contribution in [1.82, 2.24) is 24.8 Å². The van der Waals surface area contributed by atoms with Crippen LogP contribution in [0.25, 0.3) is 11.0 Å². The van der Waals surface area contributed by atoms with Gasteiger partial charge in [0.15, 0.2) is 0 Å². The molecule has 1 aliphatic heterocycles. The Bertz CT molecular complexity index is 1110. The zero-order valence-corrected chi connectivity index (χ0v) is 14.3. The zero-order chi connectivity index (χ0) is 17.9. The fourth-order valence-electron chi connectivity index (χ4n) is 4.26. The van der Waals surface area contributed by atoms with Crippen molar-refractivity contribution in [2.24, 2.45) is 0 Å². The first-order valence-electron chi connectivity index (χ1n) is 8.74. The van der Waals surface area contributed by atoms with Crippen LogP contribution in [0.5, 0.6) is 0 Å². The summed E-state index contributed by atoms with van der Waals surface area (Å²) in [5.41, 5.74) is 1.57. The van der Waals surface area contributed by atoms with Crippen molar-refractivity contribution in [3.05, 3.63) is 46.3 Å². The number of H-pyrrole nitrogens is 1. The molecule has 8 heteroatoms. The van der Waals surface area contributed by atoms with Crippen molar-refractivity contribution in [3.8, 4) is 0 Å². The van der Waals surface area contributed by atoms with Crippen LogP contribution in [0.2, 0.25) is 0 Å². The summed E-state index contributed by atoms with van der Waals surface area (Å²) in [6.07, 6.45) is 6.79. The van der Waals surface area contributed by atoms with Crippen molar-refractivity contribution in [2.75, 3.05) is 5.32 Å². The first-order valence-corrected chi connectivity index (χ1v) is 8.74. The van der Waals surface area contributed by atoms with Gasteiger partial charge in [0.25, 0.3) is 11.5 Å². The lowest BCUT2D eigenvalue weighted by Crippen LogP contribution is -2.45. The second-order valence-corrected chi connectivity index (χ2v) is 7.01. The number of hydrogen-bond donors (Lipinski definition) is 3. The van der Waals surface area contributed by atoms with E-state index in [9.17, 15) is 9.59 Å². The van der Waals surface area contributed by atoms with Crippen LogP contribution in [0.3, 0.4) is 0 Å². The third-order valence-corrected chi connectivity index (χ3v) is 5.42. The van der Waals surface area contributed by atoms with Crippen LogP contribution in [0.15, 0.2) is 29.5 Å². The Morgan fingerprint density at radius 3 is 2.85 bits per heavy atom. The molecule has 4 heterocycles. The van der Waals surface area contributed by atoms with E-state index in [4.69, 9.17) is 0 Å². The molecule has 132 valence electrons. The van der Waals surface area contributed by atoms with Gasteiger partial charge in [0.1, 0.15) is 34.8 Å². The number of hydrogen-bond acceptors (Lipinski definition) is 5. The summed E-state index contributed by atoms with van der Waals surface area (Å²) in [4.78, 5) is 37.2. The zero-order valence-electron chi connectivity index (χ0n) is 14.3. The van der Waals surface area contributed by atoms with Gasteiger partial charge in [-0.25, -0.2) is 9.97 Å². The van der Waals surface area contributed by atoms with Gasteiger partial charge in [-0.2, -0.15) is 0 Å². The van der Waals surface area contributed by atoms with Gasteiger partial charge in [-0.15, -0.1) is 0 Å². The maximum Gasteiger partial charge on any atom is 0.276 e. The molecule has 5 rings (SSSR count). The van der Waals surface area contributed by atoms with Crippen molar-refractivity contribution in [2.45, 2.75) is 38.3 Å². The minimum absolute atomic E-state index is 0.164. The van der Waals surface area contributed by atoms with Gasteiger partial charge in [0.2, 0.25) is 0 Å². The van der Waals surface area contributed by atoms with Gasteiger partial charge < -0.3 is 15.6 Å². The maximum absolute atomic E-state index is 13.3. The molecule has 1 spiro atoms. The first-order chi connectivity index (χ1) is 12.6. The van der Waals surface area contributed by atoms with E-state index in [1.807, 2.05) is 13.0 Å². The van der Waals surface area contributed by atoms with Crippen molar-refractivity contribution < 1.29 is 4.79 Å². The molecule has 1 amide bonds. The van der Waals surface area contributed by atoms with Gasteiger partial charge in [-0.1, -0.05) is 0 Å². The first kappa shape index (κ1) is 15.1. The van der Waals surface area contributed by atoms with E-state index in [0.29, 0.717) is 22.8 Å². The molecule has 0 unspecified atom stereocenters. The number of pyridine rings is 1. The Morgan fingerprint density at radius 1 is 1.23 bits per heavy atom. The van der Waals surface area contributed by atoms with Crippen LogP contribution in [0.1, 0.15) is 41.7 Å². The van der Waals surface area contributed by atoms with E-state index in [-0.39, 0.29) is 11.5 Å². The lowest BCUT2D eigenvalue weighted by Gasteiger charge is -2.26. The summed E-state index contributed by atoms with van der Waals surface area (Å²) in [5, 5.41) is 7.01. The van der Waals surface area contributed by atoms with Crippen LogP contribution in [-0.2, 0) is 5.66 Å². The molecule has 0 radical (unpaired) electrons. The second kappa shape index (κ2) is 5.17. The molecular formula is C18H18N6O2. The summed E-state index contributed by atoms with van der Waals surface area (Å²) in [6.45, 7) is 1.86. The standard InChI is InChI=1S/C18H18N6O2/c1-10-8-12(22-15-11-4-7-19-14(11)20-9-21-15)17(26)24-13(10)16(25)23-18(24)5-2-3-6-18/h4,7-9H,2-3,5-6H2,1H3,(H,23,25)(H2,19,20,21,22). The second-order valence-electron chi connectivity index (χ2n) is 7.01. The highest BCUT2D eigenvalue weighted by Gasteiger charge is 2.46. The van der Waals surface area contributed by atoms with E-state index >= 15 is 0 Å². The number of nitrogens with zero attached hydrogens (tertiary/aromatic N) is 3. The molecule has 26 heavy (non-hydrogen) atoms. The fourth-order valence-corrected chi connectivity index (χ4v) is 4.26. The smallest absolute Gasteiger partial charge is 0.276 e. The van der Waals surface area contributed by atoms with E-state index in [0.717, 1.165) is 36.6 Å². The Kier molecular flexibility index (Phi) is 3.01. The van der Waals surface area contributed by atoms with Gasteiger partial charge in [-0.05, 0) is 50.3 Å². The van der Waals surface area contributed by atoms with Crippen LogP contribution in [-0.4, -0.2) is 25.4 Å². The molecule has 0 saturated heterocycles. The Morgan fingerprint density at radius 2 is 2.04 bits per heavy atom. The van der Waals surface area contributed by atoms with Gasteiger partial charge in [0.05, 0.1) is 5.39 Å². The SMILES string of the molecule is Cc1cc(Nc2ncnc3[nH]ccc23)c(=O)n2c1C(=O)NC21CCCC1. The van der Waals surface area contributed by atoms with Gasteiger partial charge in [0, 0.05) is 6.20 Å². The largest absolute Gasteiger partial charge is 0.346 e. The maximum atomic E-state index is 13.3. The Hall–Kier alpha value is -3.16. The molecule has 1 aliphatic carbocycles.